The van der Waals surface area contributed by atoms with Gasteiger partial charge in [-0.3, -0.25) is 4.79 Å². The number of allylic oxidation sites excluding steroid dienone is 1. The van der Waals surface area contributed by atoms with Crippen LogP contribution in [0.15, 0.2) is 11.6 Å². The fraction of sp³-hybridized carbons (Fsp3) is 0.893. The molecular weight excluding hydrogens is 368 g/mol. The van der Waals surface area contributed by atoms with Crippen LogP contribution in [-0.2, 0) is 9.53 Å². The molecule has 4 rings (SSSR count). The molecule has 0 bridgehead atoms. The highest BCUT2D eigenvalue weighted by Crippen LogP contribution is 2.67. The molecule has 0 heterocycles. The van der Waals surface area contributed by atoms with Gasteiger partial charge in [0.15, 0.2) is 0 Å². The Bertz CT molecular complexity index is 651. The van der Waals surface area contributed by atoms with E-state index in [4.69, 9.17) is 4.74 Å². The zero-order valence-corrected chi connectivity index (χ0v) is 20.3. The Morgan fingerprint density at radius 1 is 1.07 bits per heavy atom. The van der Waals surface area contributed by atoms with Gasteiger partial charge in [-0.2, -0.15) is 0 Å². The Labute approximate surface area is 185 Å². The molecule has 0 N–H and O–H groups in total. The second-order valence-electron chi connectivity index (χ2n) is 12.4. The second kappa shape index (κ2) is 8.62. The molecule has 170 valence electrons. The van der Waals surface area contributed by atoms with Crippen LogP contribution in [0.4, 0.5) is 0 Å². The van der Waals surface area contributed by atoms with Crippen LogP contribution in [-0.4, -0.2) is 12.6 Å². The van der Waals surface area contributed by atoms with Crippen LogP contribution in [0, 0.1) is 46.3 Å². The SMILES string of the molecule is CC(C)CCC[C@@H](C)C1CC[C@H]2[C@@H]3CC=C4C[C@@H](OC=O)CC[C@]4(C)[C@H]3CC[C@]12C. The van der Waals surface area contributed by atoms with Crippen molar-refractivity contribution in [1.82, 2.24) is 0 Å². The molecule has 0 saturated heterocycles. The van der Waals surface area contributed by atoms with E-state index in [1.165, 1.54) is 57.8 Å². The summed E-state index contributed by atoms with van der Waals surface area (Å²) in [7, 11) is 0. The van der Waals surface area contributed by atoms with E-state index in [2.05, 4.69) is 40.7 Å². The lowest BCUT2D eigenvalue weighted by atomic mass is 9.47. The van der Waals surface area contributed by atoms with Crippen molar-refractivity contribution in [3.63, 3.8) is 0 Å². The number of ether oxygens (including phenoxy) is 1. The molecule has 3 fully saturated rings. The summed E-state index contributed by atoms with van der Waals surface area (Å²) in [5.41, 5.74) is 2.54. The molecule has 0 aromatic heterocycles. The smallest absolute Gasteiger partial charge is 0.293 e. The molecule has 0 radical (unpaired) electrons. The number of hydrogen-bond acceptors (Lipinski definition) is 2. The monoisotopic (exact) mass is 414 g/mol. The van der Waals surface area contributed by atoms with E-state index in [-0.39, 0.29) is 6.10 Å². The Hall–Kier alpha value is -0.790. The maximum absolute atomic E-state index is 10.8. The van der Waals surface area contributed by atoms with Crippen LogP contribution >= 0.6 is 0 Å². The summed E-state index contributed by atoms with van der Waals surface area (Å²) in [5.74, 6) is 5.32. The first-order chi connectivity index (χ1) is 14.3. The Kier molecular flexibility index (Phi) is 6.44. The fourth-order valence-corrected chi connectivity index (χ4v) is 8.85. The standard InChI is InChI=1S/C28H46O2/c1-19(2)7-6-8-20(3)24-11-12-25-23-10-9-21-17-22(30-18-29)13-15-27(21,4)26(23)14-16-28(24,25)5/h9,18-20,22-26H,6-8,10-17H2,1-5H3/t20-,22+,23+,24?,25+,26+,27+,28-/m1/s1. The van der Waals surface area contributed by atoms with Crippen LogP contribution in [0.25, 0.3) is 0 Å². The molecule has 2 heteroatoms. The molecule has 1 unspecified atom stereocenters. The van der Waals surface area contributed by atoms with E-state index in [0.29, 0.717) is 17.3 Å². The minimum atomic E-state index is 0.120. The van der Waals surface area contributed by atoms with Crippen molar-refractivity contribution in [3.05, 3.63) is 11.6 Å². The molecule has 3 saturated carbocycles. The van der Waals surface area contributed by atoms with Gasteiger partial charge in [0.05, 0.1) is 0 Å². The second-order valence-corrected chi connectivity index (χ2v) is 12.4. The van der Waals surface area contributed by atoms with Crippen LogP contribution < -0.4 is 0 Å². The molecule has 0 amide bonds. The van der Waals surface area contributed by atoms with E-state index in [9.17, 15) is 4.79 Å². The van der Waals surface area contributed by atoms with E-state index < -0.39 is 0 Å². The number of carbonyl (C=O) groups excluding carboxylic acids is 1. The highest BCUT2D eigenvalue weighted by molar-refractivity contribution is 5.38. The van der Waals surface area contributed by atoms with Gasteiger partial charge in [0.1, 0.15) is 6.10 Å². The predicted octanol–water partition coefficient (Wildman–Crippen LogP) is 7.57. The molecule has 4 aliphatic rings. The van der Waals surface area contributed by atoms with Gasteiger partial charge in [-0.1, -0.05) is 65.5 Å². The van der Waals surface area contributed by atoms with Gasteiger partial charge >= 0.3 is 0 Å². The van der Waals surface area contributed by atoms with Crippen molar-refractivity contribution < 1.29 is 9.53 Å². The van der Waals surface area contributed by atoms with Gasteiger partial charge in [-0.25, -0.2) is 0 Å². The largest absolute Gasteiger partial charge is 0.464 e. The molecule has 0 aromatic rings. The van der Waals surface area contributed by atoms with Crippen LogP contribution in [0.1, 0.15) is 105 Å². The number of carbonyl (C=O) groups is 1. The van der Waals surface area contributed by atoms with Crippen molar-refractivity contribution in [3.8, 4) is 0 Å². The van der Waals surface area contributed by atoms with Gasteiger partial charge in [-0.05, 0) is 91.3 Å². The lowest BCUT2D eigenvalue weighted by Gasteiger charge is -2.58. The quantitative estimate of drug-likeness (QED) is 0.317. The maximum atomic E-state index is 10.8. The topological polar surface area (TPSA) is 26.3 Å². The first-order valence-electron chi connectivity index (χ1n) is 13.1. The van der Waals surface area contributed by atoms with Crippen molar-refractivity contribution >= 4 is 6.47 Å². The van der Waals surface area contributed by atoms with Crippen molar-refractivity contribution in [2.45, 2.75) is 111 Å². The Morgan fingerprint density at radius 2 is 1.87 bits per heavy atom. The Balaban J connectivity index is 1.47. The predicted molar refractivity (Wildman–Crippen MR) is 124 cm³/mol. The normalized spacial score (nSPS) is 43.9. The third-order valence-corrected chi connectivity index (χ3v) is 10.5. The van der Waals surface area contributed by atoms with Crippen molar-refractivity contribution in [1.29, 1.82) is 0 Å². The summed E-state index contributed by atoms with van der Waals surface area (Å²) in [6.07, 6.45) is 17.2. The summed E-state index contributed by atoms with van der Waals surface area (Å²) in [4.78, 5) is 10.8. The first kappa shape index (κ1) is 22.4. The van der Waals surface area contributed by atoms with Gasteiger partial charge in [0.25, 0.3) is 6.47 Å². The summed E-state index contributed by atoms with van der Waals surface area (Å²) >= 11 is 0. The van der Waals surface area contributed by atoms with E-state index in [1.807, 2.05) is 0 Å². The van der Waals surface area contributed by atoms with Gasteiger partial charge in [0.2, 0.25) is 0 Å². The summed E-state index contributed by atoms with van der Waals surface area (Å²) in [6.45, 7) is 13.2. The average Bonchev–Trinajstić information content (AvgIpc) is 3.05. The lowest BCUT2D eigenvalue weighted by Crippen LogP contribution is -2.51. The zero-order chi connectivity index (χ0) is 21.5. The van der Waals surface area contributed by atoms with Crippen LogP contribution in [0.2, 0.25) is 0 Å². The number of fused-ring (bicyclic) bond motifs is 5. The van der Waals surface area contributed by atoms with Crippen molar-refractivity contribution in [2.24, 2.45) is 46.3 Å². The highest BCUT2D eigenvalue weighted by Gasteiger charge is 2.59. The average molecular weight is 415 g/mol. The minimum Gasteiger partial charge on any atom is -0.464 e. The molecular formula is C28H46O2. The number of rotatable bonds is 7. The molecule has 0 aliphatic heterocycles. The third-order valence-electron chi connectivity index (χ3n) is 10.5. The van der Waals surface area contributed by atoms with Gasteiger partial charge < -0.3 is 4.74 Å². The lowest BCUT2D eigenvalue weighted by molar-refractivity contribution is -0.136. The van der Waals surface area contributed by atoms with Gasteiger partial charge in [0, 0.05) is 6.42 Å². The summed E-state index contributed by atoms with van der Waals surface area (Å²) in [5, 5.41) is 0. The van der Waals surface area contributed by atoms with E-state index >= 15 is 0 Å². The summed E-state index contributed by atoms with van der Waals surface area (Å²) < 4.78 is 5.36. The van der Waals surface area contributed by atoms with Crippen LogP contribution in [0.5, 0.6) is 0 Å². The molecule has 2 nitrogen and oxygen atoms in total. The zero-order valence-electron chi connectivity index (χ0n) is 20.3. The fourth-order valence-electron chi connectivity index (χ4n) is 8.85. The molecule has 8 atom stereocenters. The van der Waals surface area contributed by atoms with E-state index in [1.54, 1.807) is 5.57 Å². The van der Waals surface area contributed by atoms with Crippen molar-refractivity contribution in [2.75, 3.05) is 0 Å². The molecule has 0 spiro atoms. The molecule has 0 aromatic carbocycles. The molecule has 4 aliphatic carbocycles. The number of hydrogen-bond donors (Lipinski definition) is 0. The van der Waals surface area contributed by atoms with Crippen LogP contribution in [0.3, 0.4) is 0 Å². The minimum absolute atomic E-state index is 0.120. The highest BCUT2D eigenvalue weighted by atomic mass is 16.5. The Morgan fingerprint density at radius 3 is 2.60 bits per heavy atom. The van der Waals surface area contributed by atoms with E-state index in [0.717, 1.165) is 48.3 Å². The third kappa shape index (κ3) is 3.79. The molecule has 30 heavy (non-hydrogen) atoms. The van der Waals surface area contributed by atoms with Gasteiger partial charge in [-0.15, -0.1) is 0 Å². The first-order valence-corrected chi connectivity index (χ1v) is 13.1. The summed E-state index contributed by atoms with van der Waals surface area (Å²) in [6, 6.07) is 0. The maximum Gasteiger partial charge on any atom is 0.293 e.